The monoisotopic (exact) mass is 457 g/mol. The Morgan fingerprint density at radius 3 is 2.53 bits per heavy atom. The van der Waals surface area contributed by atoms with Crippen LogP contribution in [0.15, 0.2) is 24.3 Å². The summed E-state index contributed by atoms with van der Waals surface area (Å²) in [5.74, 6) is 0.489. The van der Waals surface area contributed by atoms with Crippen LogP contribution in [0.25, 0.3) is 10.6 Å². The average Bonchev–Trinajstić information content (AvgIpc) is 3.15. The number of nitrogens with one attached hydrogen (secondary N) is 1. The van der Waals surface area contributed by atoms with Gasteiger partial charge in [-0.05, 0) is 52.9 Å². The van der Waals surface area contributed by atoms with E-state index in [0.29, 0.717) is 38.6 Å². The number of aryl methyl sites for hydroxylation is 2. The molecule has 1 aliphatic heterocycles. The molecule has 1 aromatic heterocycles. The van der Waals surface area contributed by atoms with Crippen molar-refractivity contribution in [2.24, 2.45) is 5.92 Å². The Morgan fingerprint density at radius 2 is 1.88 bits per heavy atom. The van der Waals surface area contributed by atoms with Crippen LogP contribution in [0.1, 0.15) is 60.5 Å². The van der Waals surface area contributed by atoms with Crippen LogP contribution in [-0.2, 0) is 9.53 Å². The predicted molar refractivity (Wildman–Crippen MR) is 129 cm³/mol. The molecule has 0 spiro atoms. The predicted octanol–water partition coefficient (Wildman–Crippen LogP) is 4.60. The van der Waals surface area contributed by atoms with Crippen LogP contribution < -0.4 is 5.32 Å². The maximum atomic E-state index is 13.1. The lowest BCUT2D eigenvalue weighted by Gasteiger charge is -2.31. The molecule has 0 saturated carbocycles. The second kappa shape index (κ2) is 11.6. The van der Waals surface area contributed by atoms with Gasteiger partial charge in [0.05, 0.1) is 11.8 Å². The zero-order valence-electron chi connectivity index (χ0n) is 19.6. The van der Waals surface area contributed by atoms with Crippen molar-refractivity contribution in [2.45, 2.75) is 59.5 Å². The van der Waals surface area contributed by atoms with Crippen molar-refractivity contribution in [1.29, 1.82) is 0 Å². The highest BCUT2D eigenvalue weighted by atomic mass is 32.1. The van der Waals surface area contributed by atoms with E-state index in [-0.39, 0.29) is 17.9 Å². The number of carbonyl (C=O) groups excluding carboxylic acids is 2. The number of likely N-dealkylation sites (tertiary alicyclic amines) is 1. The summed E-state index contributed by atoms with van der Waals surface area (Å²) in [4.78, 5) is 32.6. The number of benzene rings is 1. The van der Waals surface area contributed by atoms with Gasteiger partial charge < -0.3 is 15.0 Å². The van der Waals surface area contributed by atoms with Gasteiger partial charge in [0, 0.05) is 38.2 Å². The van der Waals surface area contributed by atoms with E-state index in [0.717, 1.165) is 40.4 Å². The van der Waals surface area contributed by atoms with Crippen LogP contribution >= 0.6 is 11.3 Å². The van der Waals surface area contributed by atoms with E-state index in [1.165, 1.54) is 16.9 Å². The summed E-state index contributed by atoms with van der Waals surface area (Å²) >= 11 is 1.47. The molecule has 0 atom stereocenters. The molecular weight excluding hydrogens is 422 g/mol. The van der Waals surface area contributed by atoms with Crippen LogP contribution in [0.2, 0.25) is 0 Å². The van der Waals surface area contributed by atoms with Gasteiger partial charge in [-0.1, -0.05) is 29.8 Å². The molecule has 6 nitrogen and oxygen atoms in total. The van der Waals surface area contributed by atoms with Crippen molar-refractivity contribution in [1.82, 2.24) is 15.2 Å². The summed E-state index contributed by atoms with van der Waals surface area (Å²) in [6.45, 7) is 10.7. The zero-order chi connectivity index (χ0) is 23.1. The molecule has 1 N–H and O–H groups in total. The maximum Gasteiger partial charge on any atom is 0.265 e. The first-order valence-corrected chi connectivity index (χ1v) is 12.4. The summed E-state index contributed by atoms with van der Waals surface area (Å²) in [6.07, 6.45) is 3.30. The van der Waals surface area contributed by atoms with Gasteiger partial charge in [-0.3, -0.25) is 9.59 Å². The van der Waals surface area contributed by atoms with E-state index >= 15 is 0 Å². The minimum absolute atomic E-state index is 0.0615. The molecule has 1 fully saturated rings. The van der Waals surface area contributed by atoms with Gasteiger partial charge in [0.2, 0.25) is 5.91 Å². The third-order valence-electron chi connectivity index (χ3n) is 5.76. The smallest absolute Gasteiger partial charge is 0.265 e. The number of carbonyl (C=O) groups is 2. The van der Waals surface area contributed by atoms with Gasteiger partial charge in [0.1, 0.15) is 9.88 Å². The number of piperidine rings is 1. The highest BCUT2D eigenvalue weighted by molar-refractivity contribution is 7.17. The van der Waals surface area contributed by atoms with Crippen LogP contribution in [0.4, 0.5) is 0 Å². The third-order valence-corrected chi connectivity index (χ3v) is 6.95. The minimum Gasteiger partial charge on any atom is -0.379 e. The summed E-state index contributed by atoms with van der Waals surface area (Å²) in [7, 11) is 0. The van der Waals surface area contributed by atoms with Crippen molar-refractivity contribution < 1.29 is 14.3 Å². The summed E-state index contributed by atoms with van der Waals surface area (Å²) < 4.78 is 5.49. The molecule has 3 rings (SSSR count). The highest BCUT2D eigenvalue weighted by Gasteiger charge is 2.27. The maximum absolute atomic E-state index is 13.1. The van der Waals surface area contributed by atoms with E-state index < -0.39 is 0 Å². The van der Waals surface area contributed by atoms with E-state index in [1.54, 1.807) is 0 Å². The van der Waals surface area contributed by atoms with Crippen LogP contribution in [0, 0.1) is 19.8 Å². The van der Waals surface area contributed by atoms with Crippen LogP contribution in [0.3, 0.4) is 0 Å². The molecule has 1 aliphatic rings. The Bertz CT molecular complexity index is 900. The molecule has 0 radical (unpaired) electrons. The third kappa shape index (κ3) is 6.87. The molecule has 0 bridgehead atoms. The van der Waals surface area contributed by atoms with Gasteiger partial charge in [0.15, 0.2) is 0 Å². The summed E-state index contributed by atoms with van der Waals surface area (Å²) in [5, 5.41) is 3.87. The van der Waals surface area contributed by atoms with E-state index in [9.17, 15) is 9.59 Å². The fourth-order valence-corrected chi connectivity index (χ4v) is 4.89. The molecule has 1 saturated heterocycles. The van der Waals surface area contributed by atoms with Gasteiger partial charge in [0.25, 0.3) is 5.91 Å². The number of nitrogens with zero attached hydrogens (tertiary/aromatic N) is 2. The SMILES string of the molecule is Cc1ccc(-c2nc(C)c(C(=O)N3CCC(CC(=O)NCCCOC(C)C)CC3)s2)cc1. The van der Waals surface area contributed by atoms with Gasteiger partial charge >= 0.3 is 0 Å². The quantitative estimate of drug-likeness (QED) is 0.559. The van der Waals surface area contributed by atoms with Gasteiger partial charge in [-0.25, -0.2) is 4.98 Å². The second-order valence-corrected chi connectivity index (χ2v) is 9.86. The molecule has 2 amide bonds. The standard InChI is InChI=1S/C25H35N3O3S/c1-17(2)31-15-5-12-26-22(29)16-20-10-13-28(14-11-20)25(30)23-19(4)27-24(32-23)21-8-6-18(3)7-9-21/h6-9,17,20H,5,10-16H2,1-4H3,(H,26,29). The van der Waals surface area contributed by atoms with Crippen molar-refractivity contribution in [2.75, 3.05) is 26.2 Å². The zero-order valence-corrected chi connectivity index (χ0v) is 20.5. The molecule has 2 heterocycles. The fraction of sp³-hybridized carbons (Fsp3) is 0.560. The number of rotatable bonds is 9. The van der Waals surface area contributed by atoms with Crippen molar-refractivity contribution in [3.8, 4) is 10.6 Å². The first-order valence-electron chi connectivity index (χ1n) is 11.6. The van der Waals surface area contributed by atoms with Crippen molar-refractivity contribution in [3.63, 3.8) is 0 Å². The lowest BCUT2D eigenvalue weighted by molar-refractivity contribution is -0.122. The lowest BCUT2D eigenvalue weighted by atomic mass is 9.93. The molecule has 0 aliphatic carbocycles. The van der Waals surface area contributed by atoms with Crippen LogP contribution in [0.5, 0.6) is 0 Å². The summed E-state index contributed by atoms with van der Waals surface area (Å²) in [5.41, 5.74) is 3.04. The van der Waals surface area contributed by atoms with Gasteiger partial charge in [-0.2, -0.15) is 0 Å². The Kier molecular flexibility index (Phi) is 8.82. The van der Waals surface area contributed by atoms with Crippen LogP contribution in [-0.4, -0.2) is 54.0 Å². The Hall–Kier alpha value is -2.25. The number of hydrogen-bond acceptors (Lipinski definition) is 5. The Balaban J connectivity index is 1.45. The van der Waals surface area contributed by atoms with Crippen molar-refractivity contribution in [3.05, 3.63) is 40.4 Å². The Labute approximate surface area is 195 Å². The molecule has 174 valence electrons. The molecule has 32 heavy (non-hydrogen) atoms. The highest BCUT2D eigenvalue weighted by Crippen LogP contribution is 2.30. The van der Waals surface area contributed by atoms with Crippen molar-refractivity contribution >= 4 is 23.2 Å². The lowest BCUT2D eigenvalue weighted by Crippen LogP contribution is -2.39. The van der Waals surface area contributed by atoms with E-state index in [2.05, 4.69) is 41.5 Å². The topological polar surface area (TPSA) is 71.5 Å². The Morgan fingerprint density at radius 1 is 1.19 bits per heavy atom. The molecular formula is C25H35N3O3S. The van der Waals surface area contributed by atoms with Gasteiger partial charge in [-0.15, -0.1) is 11.3 Å². The average molecular weight is 458 g/mol. The number of hydrogen-bond donors (Lipinski definition) is 1. The number of ether oxygens (including phenoxy) is 1. The van der Waals surface area contributed by atoms with E-state index in [4.69, 9.17) is 4.74 Å². The minimum atomic E-state index is 0.0615. The molecule has 2 aromatic rings. The first kappa shape index (κ1) is 24.4. The molecule has 1 aromatic carbocycles. The fourth-order valence-electron chi connectivity index (χ4n) is 3.85. The molecule has 0 unspecified atom stereocenters. The largest absolute Gasteiger partial charge is 0.379 e. The molecule has 7 heteroatoms. The number of amides is 2. The second-order valence-electron chi connectivity index (χ2n) is 8.86. The summed E-state index contributed by atoms with van der Waals surface area (Å²) in [6, 6.07) is 8.23. The number of aromatic nitrogens is 1. The normalized spacial score (nSPS) is 14.7. The van der Waals surface area contributed by atoms with E-state index in [1.807, 2.05) is 25.7 Å². The first-order chi connectivity index (χ1) is 15.3. The number of thiazole rings is 1.